The number of hydrogen-bond donors (Lipinski definition) is 0. The number of hydrogen-bond acceptors (Lipinski definition) is 3. The molecule has 0 aliphatic rings. The predicted molar refractivity (Wildman–Crippen MR) is 66.5 cm³/mol. The van der Waals surface area contributed by atoms with Crippen LogP contribution in [-0.2, 0) is 0 Å². The number of ether oxygens (including phenoxy) is 1. The zero-order chi connectivity index (χ0) is 13.0. The van der Waals surface area contributed by atoms with Crippen LogP contribution in [0.2, 0.25) is 0 Å². The third kappa shape index (κ3) is 2.46. The van der Waals surface area contributed by atoms with Crippen molar-refractivity contribution < 1.29 is 9.13 Å². The summed E-state index contributed by atoms with van der Waals surface area (Å²) in [5.41, 5.74) is 0.882. The SMILES string of the molecule is C#Cc1cnc(-c2ccc(OCC)cc2F)nc1. The van der Waals surface area contributed by atoms with E-state index in [9.17, 15) is 4.39 Å². The summed E-state index contributed by atoms with van der Waals surface area (Å²) in [6.07, 6.45) is 8.17. The first kappa shape index (κ1) is 12.1. The second-order valence-electron chi connectivity index (χ2n) is 3.51. The zero-order valence-electron chi connectivity index (χ0n) is 9.85. The summed E-state index contributed by atoms with van der Waals surface area (Å²) in [7, 11) is 0. The highest BCUT2D eigenvalue weighted by atomic mass is 19.1. The van der Waals surface area contributed by atoms with E-state index in [0.717, 1.165) is 0 Å². The molecule has 2 rings (SSSR count). The van der Waals surface area contributed by atoms with Crippen molar-refractivity contribution in [3.8, 4) is 29.5 Å². The molecule has 0 bridgehead atoms. The molecule has 0 N–H and O–H groups in total. The summed E-state index contributed by atoms with van der Waals surface area (Å²) in [5.74, 6) is 2.77. The van der Waals surface area contributed by atoms with Gasteiger partial charge in [-0.1, -0.05) is 5.92 Å². The van der Waals surface area contributed by atoms with Crippen LogP contribution < -0.4 is 4.74 Å². The second-order valence-corrected chi connectivity index (χ2v) is 3.51. The van der Waals surface area contributed by atoms with Gasteiger partial charge in [-0.25, -0.2) is 14.4 Å². The molecule has 0 atom stereocenters. The van der Waals surface area contributed by atoms with Crippen molar-refractivity contribution in [1.29, 1.82) is 0 Å². The summed E-state index contributed by atoms with van der Waals surface area (Å²) in [5, 5.41) is 0. The fraction of sp³-hybridized carbons (Fsp3) is 0.143. The number of aromatic nitrogens is 2. The van der Waals surface area contributed by atoms with Gasteiger partial charge >= 0.3 is 0 Å². The van der Waals surface area contributed by atoms with Gasteiger partial charge in [-0.3, -0.25) is 0 Å². The molecule has 3 nitrogen and oxygen atoms in total. The Kier molecular flexibility index (Phi) is 3.54. The van der Waals surface area contributed by atoms with Gasteiger partial charge in [0.1, 0.15) is 11.6 Å². The molecular weight excluding hydrogens is 231 g/mol. The lowest BCUT2D eigenvalue weighted by atomic mass is 10.2. The van der Waals surface area contributed by atoms with Crippen LogP contribution in [0.5, 0.6) is 5.75 Å². The van der Waals surface area contributed by atoms with Crippen molar-refractivity contribution in [3.05, 3.63) is 42.0 Å². The lowest BCUT2D eigenvalue weighted by Crippen LogP contribution is -1.95. The van der Waals surface area contributed by atoms with E-state index in [1.165, 1.54) is 18.5 Å². The molecule has 18 heavy (non-hydrogen) atoms. The summed E-state index contributed by atoms with van der Waals surface area (Å²) >= 11 is 0. The van der Waals surface area contributed by atoms with E-state index >= 15 is 0 Å². The fourth-order valence-electron chi connectivity index (χ4n) is 1.48. The minimum Gasteiger partial charge on any atom is -0.494 e. The molecule has 2 aromatic rings. The van der Waals surface area contributed by atoms with Gasteiger partial charge in [0.25, 0.3) is 0 Å². The summed E-state index contributed by atoms with van der Waals surface area (Å²) in [6, 6.07) is 4.59. The van der Waals surface area contributed by atoms with Crippen LogP contribution in [0.1, 0.15) is 12.5 Å². The van der Waals surface area contributed by atoms with E-state index < -0.39 is 5.82 Å². The maximum atomic E-state index is 13.8. The lowest BCUT2D eigenvalue weighted by molar-refractivity contribution is 0.338. The topological polar surface area (TPSA) is 35.0 Å². The molecule has 0 spiro atoms. The Morgan fingerprint density at radius 2 is 2.06 bits per heavy atom. The van der Waals surface area contributed by atoms with Crippen molar-refractivity contribution in [3.63, 3.8) is 0 Å². The molecule has 0 fully saturated rings. The van der Waals surface area contributed by atoms with Crippen LogP contribution in [0.25, 0.3) is 11.4 Å². The maximum Gasteiger partial charge on any atom is 0.162 e. The maximum absolute atomic E-state index is 13.8. The van der Waals surface area contributed by atoms with Crippen LogP contribution in [0, 0.1) is 18.2 Å². The van der Waals surface area contributed by atoms with E-state index in [4.69, 9.17) is 11.2 Å². The largest absolute Gasteiger partial charge is 0.494 e. The summed E-state index contributed by atoms with van der Waals surface area (Å²) in [6.45, 7) is 2.33. The molecule has 1 aromatic heterocycles. The summed E-state index contributed by atoms with van der Waals surface area (Å²) in [4.78, 5) is 8.04. The van der Waals surface area contributed by atoms with Gasteiger partial charge in [0, 0.05) is 18.5 Å². The molecule has 4 heteroatoms. The van der Waals surface area contributed by atoms with E-state index in [1.54, 1.807) is 12.1 Å². The molecule has 90 valence electrons. The van der Waals surface area contributed by atoms with Gasteiger partial charge in [0.05, 0.1) is 17.7 Å². The van der Waals surface area contributed by atoms with E-state index in [0.29, 0.717) is 29.3 Å². The van der Waals surface area contributed by atoms with Crippen LogP contribution in [0.4, 0.5) is 4.39 Å². The third-order valence-corrected chi connectivity index (χ3v) is 2.31. The van der Waals surface area contributed by atoms with E-state index in [1.807, 2.05) is 6.92 Å². The van der Waals surface area contributed by atoms with Gasteiger partial charge in [0.2, 0.25) is 0 Å². The van der Waals surface area contributed by atoms with Gasteiger partial charge in [-0.2, -0.15) is 0 Å². The first-order valence-corrected chi connectivity index (χ1v) is 5.46. The highest BCUT2D eigenvalue weighted by Gasteiger charge is 2.09. The standard InChI is InChI=1S/C14H11FN2O/c1-3-10-8-16-14(17-9-10)12-6-5-11(18-4-2)7-13(12)15/h1,5-9H,4H2,2H3. The summed E-state index contributed by atoms with van der Waals surface area (Å²) < 4.78 is 19.0. The van der Waals surface area contributed by atoms with Crippen molar-refractivity contribution in [2.24, 2.45) is 0 Å². The molecule has 1 heterocycles. The molecule has 1 aromatic carbocycles. The van der Waals surface area contributed by atoms with Crippen LogP contribution in [-0.4, -0.2) is 16.6 Å². The molecule has 0 radical (unpaired) electrons. The van der Waals surface area contributed by atoms with Gasteiger partial charge in [0.15, 0.2) is 5.82 Å². The third-order valence-electron chi connectivity index (χ3n) is 2.31. The number of benzene rings is 1. The average molecular weight is 242 g/mol. The Balaban J connectivity index is 2.35. The number of halogens is 1. The quantitative estimate of drug-likeness (QED) is 0.776. The van der Waals surface area contributed by atoms with Crippen LogP contribution >= 0.6 is 0 Å². The predicted octanol–water partition coefficient (Wildman–Crippen LogP) is 2.66. The molecule has 0 aliphatic heterocycles. The first-order chi connectivity index (χ1) is 8.74. The van der Waals surface area contributed by atoms with Crippen molar-refractivity contribution >= 4 is 0 Å². The van der Waals surface area contributed by atoms with Crippen molar-refractivity contribution in [2.45, 2.75) is 6.92 Å². The molecule has 0 saturated heterocycles. The molecular formula is C14H11FN2O. The van der Waals surface area contributed by atoms with Crippen LogP contribution in [0.3, 0.4) is 0 Å². The van der Waals surface area contributed by atoms with Crippen LogP contribution in [0.15, 0.2) is 30.6 Å². The number of nitrogens with zero attached hydrogens (tertiary/aromatic N) is 2. The highest BCUT2D eigenvalue weighted by Crippen LogP contribution is 2.23. The molecule has 0 unspecified atom stereocenters. The highest BCUT2D eigenvalue weighted by molar-refractivity contribution is 5.57. The second kappa shape index (κ2) is 5.28. The Morgan fingerprint density at radius 3 is 2.61 bits per heavy atom. The fourth-order valence-corrected chi connectivity index (χ4v) is 1.48. The number of rotatable bonds is 3. The van der Waals surface area contributed by atoms with Gasteiger partial charge in [-0.05, 0) is 19.1 Å². The number of terminal acetylenes is 1. The van der Waals surface area contributed by atoms with Crippen molar-refractivity contribution in [2.75, 3.05) is 6.61 Å². The van der Waals surface area contributed by atoms with E-state index in [-0.39, 0.29) is 0 Å². The Bertz CT molecular complexity index is 588. The average Bonchev–Trinajstić information content (AvgIpc) is 2.40. The lowest BCUT2D eigenvalue weighted by Gasteiger charge is -2.06. The molecule has 0 aliphatic carbocycles. The Morgan fingerprint density at radius 1 is 1.33 bits per heavy atom. The van der Waals surface area contributed by atoms with Crippen molar-refractivity contribution in [1.82, 2.24) is 9.97 Å². The Hall–Kier alpha value is -2.41. The monoisotopic (exact) mass is 242 g/mol. The first-order valence-electron chi connectivity index (χ1n) is 5.46. The minimum absolute atomic E-state index is 0.301. The normalized spacial score (nSPS) is 9.83. The van der Waals surface area contributed by atoms with E-state index in [2.05, 4.69) is 15.9 Å². The zero-order valence-corrected chi connectivity index (χ0v) is 9.85. The molecule has 0 saturated carbocycles. The molecule has 0 amide bonds. The van der Waals surface area contributed by atoms with Gasteiger partial charge in [-0.15, -0.1) is 6.42 Å². The Labute approximate surface area is 105 Å². The van der Waals surface area contributed by atoms with Gasteiger partial charge < -0.3 is 4.74 Å². The smallest absolute Gasteiger partial charge is 0.162 e. The minimum atomic E-state index is -0.422.